The number of aromatic nitrogens is 5. The maximum absolute atomic E-state index is 4.30. The van der Waals surface area contributed by atoms with Gasteiger partial charge < -0.3 is 13.7 Å². The Bertz CT molecular complexity index is 1350. The first-order valence-electron chi connectivity index (χ1n) is 20.3. The lowest BCUT2D eigenvalue weighted by molar-refractivity contribution is 0.0734. The Morgan fingerprint density at radius 2 is 1.12 bits per heavy atom. The van der Waals surface area contributed by atoms with Crippen LogP contribution in [0.1, 0.15) is 138 Å². The van der Waals surface area contributed by atoms with Crippen LogP contribution < -0.4 is 0 Å². The molecule has 0 radical (unpaired) electrons. The quantitative estimate of drug-likeness (QED) is 0.232. The highest BCUT2D eigenvalue weighted by atomic mass is 15.2. The second kappa shape index (κ2) is 19.3. The van der Waals surface area contributed by atoms with Gasteiger partial charge in [0.25, 0.3) is 0 Å². The van der Waals surface area contributed by atoms with Crippen molar-refractivity contribution in [3.8, 4) is 0 Å². The summed E-state index contributed by atoms with van der Waals surface area (Å²) in [4.78, 5) is 16.5. The van der Waals surface area contributed by atoms with E-state index >= 15 is 0 Å². The van der Waals surface area contributed by atoms with Crippen molar-refractivity contribution in [1.82, 2.24) is 38.4 Å². The molecular weight excluding hydrogens is 641 g/mol. The van der Waals surface area contributed by atoms with Crippen LogP contribution in [0.4, 0.5) is 0 Å². The maximum Gasteiger partial charge on any atom is 0.0949 e. The van der Waals surface area contributed by atoms with Crippen molar-refractivity contribution in [2.45, 2.75) is 190 Å². The van der Waals surface area contributed by atoms with E-state index in [4.69, 9.17) is 0 Å². The Balaban J connectivity index is 0.000000208. The average Bonchev–Trinajstić information content (AvgIpc) is 3.87. The van der Waals surface area contributed by atoms with Crippen LogP contribution in [-0.2, 0) is 19.6 Å². The monoisotopic (exact) mass is 721 g/mol. The lowest BCUT2D eigenvalue weighted by Crippen LogP contribution is -2.47. The van der Waals surface area contributed by atoms with E-state index < -0.39 is 0 Å². The first-order valence-corrected chi connectivity index (χ1v) is 20.3. The third-order valence-electron chi connectivity index (χ3n) is 11.3. The summed E-state index contributed by atoms with van der Waals surface area (Å²) < 4.78 is 6.79. The Labute approximate surface area is 320 Å². The summed E-state index contributed by atoms with van der Waals surface area (Å²) in [6.07, 6.45) is 23.3. The zero-order valence-electron chi connectivity index (χ0n) is 35.0. The lowest BCUT2D eigenvalue weighted by atomic mass is 9.93. The van der Waals surface area contributed by atoms with Gasteiger partial charge in [-0.25, -0.2) is 9.97 Å². The Morgan fingerprint density at radius 1 is 0.615 bits per heavy atom. The molecule has 0 N–H and O–H groups in total. The molecule has 8 heteroatoms. The highest BCUT2D eigenvalue weighted by molar-refractivity contribution is 5.07. The van der Waals surface area contributed by atoms with E-state index in [1.54, 1.807) is 0 Å². The van der Waals surface area contributed by atoms with Gasteiger partial charge >= 0.3 is 0 Å². The maximum atomic E-state index is 4.30. The number of hydrogen-bond acceptors (Lipinski definition) is 5. The molecule has 3 fully saturated rings. The van der Waals surface area contributed by atoms with E-state index in [0.717, 1.165) is 49.0 Å². The lowest BCUT2D eigenvalue weighted by Gasteiger charge is -2.41. The molecule has 0 bridgehead atoms. The fourth-order valence-electron chi connectivity index (χ4n) is 8.62. The average molecular weight is 721 g/mol. The van der Waals surface area contributed by atoms with Crippen LogP contribution in [0.25, 0.3) is 0 Å². The highest BCUT2D eigenvalue weighted by Gasteiger charge is 2.33. The second-order valence-corrected chi connectivity index (χ2v) is 18.9. The Hall–Kier alpha value is -2.42. The van der Waals surface area contributed by atoms with Crippen LogP contribution in [-0.4, -0.2) is 93.2 Å². The van der Waals surface area contributed by atoms with Crippen molar-refractivity contribution >= 4 is 0 Å². The van der Waals surface area contributed by atoms with Crippen molar-refractivity contribution in [3.63, 3.8) is 0 Å². The number of imidazole rings is 2. The van der Waals surface area contributed by atoms with Gasteiger partial charge in [-0.05, 0) is 172 Å². The molecule has 3 atom stereocenters. The van der Waals surface area contributed by atoms with E-state index in [1.807, 2.05) is 19.6 Å². The van der Waals surface area contributed by atoms with Gasteiger partial charge in [0, 0.05) is 79.7 Å². The van der Waals surface area contributed by atoms with E-state index in [0.29, 0.717) is 16.6 Å². The molecule has 0 aliphatic carbocycles. The molecule has 3 aromatic heterocycles. The SMILES string of the molecule is C.Cc1ccn(CC[C@@H]2CCCN2C(C)(C)C)c1.Cc1cn(CC[C@H]2CCCN2C(C)(C)C)cn1.Cc1cn(C[C@H]2CCCN(C(C)(C)C)C2)cn1. The topological polar surface area (TPSA) is 50.3 Å². The van der Waals surface area contributed by atoms with Crippen molar-refractivity contribution in [3.05, 3.63) is 60.5 Å². The highest BCUT2D eigenvalue weighted by Crippen LogP contribution is 2.30. The molecule has 8 nitrogen and oxygen atoms in total. The third kappa shape index (κ3) is 13.8. The third-order valence-corrected chi connectivity index (χ3v) is 11.3. The molecule has 0 spiro atoms. The van der Waals surface area contributed by atoms with Crippen molar-refractivity contribution in [1.29, 1.82) is 0 Å². The summed E-state index contributed by atoms with van der Waals surface area (Å²) in [5, 5.41) is 0. The minimum Gasteiger partial charge on any atom is -0.354 e. The fourth-order valence-corrected chi connectivity index (χ4v) is 8.62. The summed E-state index contributed by atoms with van der Waals surface area (Å²) in [6, 6.07) is 3.71. The molecule has 6 rings (SSSR count). The van der Waals surface area contributed by atoms with Gasteiger partial charge in [-0.15, -0.1) is 0 Å². The number of rotatable bonds is 8. The number of likely N-dealkylation sites (tertiary alicyclic amines) is 3. The second-order valence-electron chi connectivity index (χ2n) is 18.9. The standard InChI is InChI=1S/C15H26N2.2C14H25N3.CH4/c1-13-7-10-16(12-13)11-8-14-6-5-9-17(14)15(2,3)4;1-12-10-16(11-15-12)9-7-13-6-5-8-17(13)14(2,3)4;1-12-8-16(11-15-12)9-13-6-5-7-17(10-13)14(2,3)4;/h7,10,12,14H,5-6,8-9,11H2,1-4H3;10-11,13H,5-9H2,1-4H3;8,11,13H,5-7,9-10H2,1-4H3;1H4/t14-;2*13-;/m011./s1. The van der Waals surface area contributed by atoms with Crippen LogP contribution in [0.2, 0.25) is 0 Å². The van der Waals surface area contributed by atoms with Crippen LogP contribution in [0, 0.1) is 26.7 Å². The summed E-state index contributed by atoms with van der Waals surface area (Å²) in [5.41, 5.74) is 4.55. The van der Waals surface area contributed by atoms with Crippen LogP contribution >= 0.6 is 0 Å². The molecule has 3 aromatic rings. The molecule has 0 saturated carbocycles. The van der Waals surface area contributed by atoms with Gasteiger partial charge in [0.05, 0.1) is 24.0 Å². The van der Waals surface area contributed by atoms with Crippen molar-refractivity contribution < 1.29 is 0 Å². The summed E-state index contributed by atoms with van der Waals surface area (Å²) >= 11 is 0. The van der Waals surface area contributed by atoms with Gasteiger partial charge in [-0.3, -0.25) is 14.7 Å². The predicted molar refractivity (Wildman–Crippen MR) is 222 cm³/mol. The number of hydrogen-bond donors (Lipinski definition) is 0. The first kappa shape index (κ1) is 44.0. The van der Waals surface area contributed by atoms with E-state index in [-0.39, 0.29) is 7.43 Å². The molecule has 3 aliphatic heterocycles. The number of nitrogens with zero attached hydrogens (tertiary/aromatic N) is 8. The Kier molecular flexibility index (Phi) is 16.3. The van der Waals surface area contributed by atoms with E-state index in [1.165, 1.54) is 83.1 Å². The smallest absolute Gasteiger partial charge is 0.0949 e. The van der Waals surface area contributed by atoms with Crippen LogP contribution in [0.3, 0.4) is 0 Å². The summed E-state index contributed by atoms with van der Waals surface area (Å²) in [7, 11) is 0. The van der Waals surface area contributed by atoms with Gasteiger partial charge in [0.2, 0.25) is 0 Å². The van der Waals surface area contributed by atoms with Crippen LogP contribution in [0.5, 0.6) is 0 Å². The van der Waals surface area contributed by atoms with E-state index in [9.17, 15) is 0 Å². The van der Waals surface area contributed by atoms with Gasteiger partial charge in [-0.2, -0.15) is 0 Å². The fraction of sp³-hybridized carbons (Fsp3) is 0.773. The molecule has 0 unspecified atom stereocenters. The van der Waals surface area contributed by atoms with Crippen molar-refractivity contribution in [2.24, 2.45) is 5.92 Å². The predicted octanol–water partition coefficient (Wildman–Crippen LogP) is 9.63. The molecule has 3 aliphatic rings. The molecule has 3 saturated heterocycles. The molecular formula is C44H80N8. The molecule has 6 heterocycles. The van der Waals surface area contributed by atoms with Gasteiger partial charge in [0.15, 0.2) is 0 Å². The first-order chi connectivity index (χ1) is 23.9. The zero-order valence-corrected chi connectivity index (χ0v) is 35.0. The summed E-state index contributed by atoms with van der Waals surface area (Å²) in [5.74, 6) is 0.775. The summed E-state index contributed by atoms with van der Waals surface area (Å²) in [6.45, 7) is 35.6. The zero-order chi connectivity index (χ0) is 37.4. The molecule has 0 amide bonds. The number of piperidine rings is 1. The van der Waals surface area contributed by atoms with Gasteiger partial charge in [0.1, 0.15) is 0 Å². The minimum atomic E-state index is 0. The number of aryl methyl sites for hydroxylation is 5. The molecule has 0 aromatic carbocycles. The van der Waals surface area contributed by atoms with Crippen molar-refractivity contribution in [2.75, 3.05) is 26.2 Å². The Morgan fingerprint density at radius 3 is 1.56 bits per heavy atom. The molecule has 52 heavy (non-hydrogen) atoms. The van der Waals surface area contributed by atoms with Crippen LogP contribution in [0.15, 0.2) is 43.5 Å². The largest absolute Gasteiger partial charge is 0.354 e. The minimum absolute atomic E-state index is 0. The van der Waals surface area contributed by atoms with Gasteiger partial charge in [-0.1, -0.05) is 7.43 Å². The normalized spacial score (nSPS) is 22.0. The molecule has 296 valence electrons. The van der Waals surface area contributed by atoms with E-state index in [2.05, 4.69) is 145 Å².